The molecule has 0 spiro atoms. The lowest BCUT2D eigenvalue weighted by Gasteiger charge is -2.48. The minimum absolute atomic E-state index is 0.359. The van der Waals surface area contributed by atoms with Crippen molar-refractivity contribution in [2.45, 2.75) is 52.6 Å². The van der Waals surface area contributed by atoms with E-state index in [4.69, 9.17) is 0 Å². The SMILES string of the molecule is CC1=C[C@]2(O)[C@@H](C(C)C)CC=C(C)[C@@H]2CC1. The van der Waals surface area contributed by atoms with Crippen LogP contribution in [0.25, 0.3) is 0 Å². The molecule has 16 heavy (non-hydrogen) atoms. The van der Waals surface area contributed by atoms with Crippen molar-refractivity contribution in [3.8, 4) is 0 Å². The normalized spacial score (nSPS) is 39.1. The van der Waals surface area contributed by atoms with Crippen LogP contribution in [-0.4, -0.2) is 10.7 Å². The zero-order chi connectivity index (χ0) is 11.9. The zero-order valence-corrected chi connectivity index (χ0v) is 11.0. The molecule has 1 N–H and O–H groups in total. The van der Waals surface area contributed by atoms with Crippen molar-refractivity contribution in [3.05, 3.63) is 23.3 Å². The maximum atomic E-state index is 11.0. The van der Waals surface area contributed by atoms with E-state index in [2.05, 4.69) is 39.8 Å². The minimum Gasteiger partial charge on any atom is -0.385 e. The molecule has 0 heterocycles. The quantitative estimate of drug-likeness (QED) is 0.668. The highest BCUT2D eigenvalue weighted by Crippen LogP contribution is 2.48. The van der Waals surface area contributed by atoms with Crippen molar-refractivity contribution in [3.63, 3.8) is 0 Å². The third-order valence-corrected chi connectivity index (χ3v) is 4.51. The Morgan fingerprint density at radius 3 is 2.69 bits per heavy atom. The lowest BCUT2D eigenvalue weighted by atomic mass is 9.61. The molecule has 1 heteroatoms. The van der Waals surface area contributed by atoms with E-state index in [1.165, 1.54) is 11.1 Å². The molecule has 0 aromatic carbocycles. The first kappa shape index (κ1) is 11.9. The third kappa shape index (κ3) is 1.75. The Morgan fingerprint density at radius 2 is 2.06 bits per heavy atom. The summed E-state index contributed by atoms with van der Waals surface area (Å²) in [5.74, 6) is 1.28. The Kier molecular flexibility index (Phi) is 3.00. The molecular formula is C15H24O. The van der Waals surface area contributed by atoms with Crippen molar-refractivity contribution in [2.24, 2.45) is 17.8 Å². The predicted molar refractivity (Wildman–Crippen MR) is 68.1 cm³/mol. The van der Waals surface area contributed by atoms with Gasteiger partial charge in [0.15, 0.2) is 0 Å². The van der Waals surface area contributed by atoms with Crippen molar-refractivity contribution in [2.75, 3.05) is 0 Å². The lowest BCUT2D eigenvalue weighted by Crippen LogP contribution is -2.49. The Bertz CT molecular complexity index is 337. The summed E-state index contributed by atoms with van der Waals surface area (Å²) >= 11 is 0. The predicted octanol–water partition coefficient (Wildman–Crippen LogP) is 3.70. The van der Waals surface area contributed by atoms with E-state index in [1.807, 2.05) is 0 Å². The van der Waals surface area contributed by atoms with Gasteiger partial charge in [-0.1, -0.05) is 37.1 Å². The third-order valence-electron chi connectivity index (χ3n) is 4.51. The average Bonchev–Trinajstić information content (AvgIpc) is 2.15. The summed E-state index contributed by atoms with van der Waals surface area (Å²) < 4.78 is 0. The van der Waals surface area contributed by atoms with Crippen LogP contribution in [0, 0.1) is 17.8 Å². The molecule has 0 amide bonds. The fourth-order valence-corrected chi connectivity index (χ4v) is 3.58. The van der Waals surface area contributed by atoms with Gasteiger partial charge in [-0.05, 0) is 44.9 Å². The summed E-state index contributed by atoms with van der Waals surface area (Å²) in [6, 6.07) is 0. The molecule has 2 aliphatic rings. The molecule has 0 fully saturated rings. The summed E-state index contributed by atoms with van der Waals surface area (Å²) in [6.45, 7) is 8.79. The number of fused-ring (bicyclic) bond motifs is 1. The molecule has 0 radical (unpaired) electrons. The van der Waals surface area contributed by atoms with Crippen LogP contribution in [0.3, 0.4) is 0 Å². The summed E-state index contributed by atoms with van der Waals surface area (Å²) in [5, 5.41) is 11.0. The molecule has 0 aromatic rings. The Morgan fingerprint density at radius 1 is 1.38 bits per heavy atom. The van der Waals surface area contributed by atoms with Crippen LogP contribution in [0.4, 0.5) is 0 Å². The standard InChI is InChI=1S/C15H24O/c1-10(2)13-8-6-12(4)14-7-5-11(3)9-15(13,14)16/h6,9-10,13-14,16H,5,7-8H2,1-4H3/t13-,14+,15+/m1/s1. The maximum Gasteiger partial charge on any atom is 0.0928 e. The maximum absolute atomic E-state index is 11.0. The van der Waals surface area contributed by atoms with Crippen LogP contribution in [0.1, 0.15) is 47.0 Å². The lowest BCUT2D eigenvalue weighted by molar-refractivity contribution is -0.0450. The number of hydrogen-bond acceptors (Lipinski definition) is 1. The Balaban J connectivity index is 2.43. The molecule has 2 rings (SSSR count). The number of allylic oxidation sites excluding steroid dienone is 2. The molecule has 0 unspecified atom stereocenters. The first-order valence-corrected chi connectivity index (χ1v) is 6.52. The van der Waals surface area contributed by atoms with Gasteiger partial charge in [0.2, 0.25) is 0 Å². The second kappa shape index (κ2) is 4.03. The van der Waals surface area contributed by atoms with Gasteiger partial charge >= 0.3 is 0 Å². The molecule has 90 valence electrons. The molecule has 0 saturated carbocycles. The second-order valence-corrected chi connectivity index (χ2v) is 6.00. The van der Waals surface area contributed by atoms with Crippen molar-refractivity contribution < 1.29 is 5.11 Å². The monoisotopic (exact) mass is 220 g/mol. The minimum atomic E-state index is -0.574. The van der Waals surface area contributed by atoms with Gasteiger partial charge in [-0.15, -0.1) is 0 Å². The zero-order valence-electron chi connectivity index (χ0n) is 11.0. The summed E-state index contributed by atoms with van der Waals surface area (Å²) in [5.41, 5.74) is 2.18. The second-order valence-electron chi connectivity index (χ2n) is 6.00. The fraction of sp³-hybridized carbons (Fsp3) is 0.733. The van der Waals surface area contributed by atoms with Crippen LogP contribution < -0.4 is 0 Å². The highest BCUT2D eigenvalue weighted by molar-refractivity contribution is 5.28. The van der Waals surface area contributed by atoms with Gasteiger partial charge < -0.3 is 5.11 Å². The molecule has 0 bridgehead atoms. The smallest absolute Gasteiger partial charge is 0.0928 e. The molecule has 0 aliphatic heterocycles. The van der Waals surface area contributed by atoms with Gasteiger partial charge in [0.05, 0.1) is 5.60 Å². The molecule has 3 atom stereocenters. The van der Waals surface area contributed by atoms with Gasteiger partial charge in [0.25, 0.3) is 0 Å². The van der Waals surface area contributed by atoms with Crippen molar-refractivity contribution >= 4 is 0 Å². The molecule has 1 nitrogen and oxygen atoms in total. The molecule has 2 aliphatic carbocycles. The highest BCUT2D eigenvalue weighted by atomic mass is 16.3. The number of hydrogen-bond donors (Lipinski definition) is 1. The van der Waals surface area contributed by atoms with Crippen molar-refractivity contribution in [1.82, 2.24) is 0 Å². The van der Waals surface area contributed by atoms with Gasteiger partial charge in [0.1, 0.15) is 0 Å². The van der Waals surface area contributed by atoms with E-state index in [-0.39, 0.29) is 0 Å². The molecule has 0 aromatic heterocycles. The average molecular weight is 220 g/mol. The van der Waals surface area contributed by atoms with E-state index >= 15 is 0 Å². The fourth-order valence-electron chi connectivity index (χ4n) is 3.58. The van der Waals surface area contributed by atoms with Crippen LogP contribution in [0.2, 0.25) is 0 Å². The van der Waals surface area contributed by atoms with E-state index in [1.54, 1.807) is 0 Å². The number of rotatable bonds is 1. The Labute approximate surface area is 99.3 Å². The van der Waals surface area contributed by atoms with Gasteiger partial charge in [-0.3, -0.25) is 0 Å². The number of aliphatic hydroxyl groups is 1. The van der Waals surface area contributed by atoms with Crippen LogP contribution in [0.15, 0.2) is 23.3 Å². The van der Waals surface area contributed by atoms with E-state index in [0.29, 0.717) is 17.8 Å². The summed E-state index contributed by atoms with van der Waals surface area (Å²) in [4.78, 5) is 0. The van der Waals surface area contributed by atoms with Gasteiger partial charge in [-0.25, -0.2) is 0 Å². The van der Waals surface area contributed by atoms with Crippen LogP contribution in [0.5, 0.6) is 0 Å². The largest absolute Gasteiger partial charge is 0.385 e. The Hall–Kier alpha value is -0.560. The van der Waals surface area contributed by atoms with E-state index < -0.39 is 5.60 Å². The van der Waals surface area contributed by atoms with E-state index in [9.17, 15) is 5.11 Å². The first-order chi connectivity index (χ1) is 7.45. The first-order valence-electron chi connectivity index (χ1n) is 6.52. The van der Waals surface area contributed by atoms with E-state index in [0.717, 1.165) is 19.3 Å². The van der Waals surface area contributed by atoms with Gasteiger partial charge in [-0.2, -0.15) is 0 Å². The van der Waals surface area contributed by atoms with Crippen molar-refractivity contribution in [1.29, 1.82) is 0 Å². The highest BCUT2D eigenvalue weighted by Gasteiger charge is 2.47. The van der Waals surface area contributed by atoms with Crippen LogP contribution >= 0.6 is 0 Å². The summed E-state index contributed by atoms with van der Waals surface area (Å²) in [7, 11) is 0. The molecule has 0 saturated heterocycles. The van der Waals surface area contributed by atoms with Gasteiger partial charge in [0, 0.05) is 5.92 Å². The summed E-state index contributed by atoms with van der Waals surface area (Å²) in [6.07, 6.45) is 7.79. The molecular weight excluding hydrogens is 196 g/mol. The van der Waals surface area contributed by atoms with Crippen LogP contribution in [-0.2, 0) is 0 Å². The topological polar surface area (TPSA) is 20.2 Å².